The highest BCUT2D eigenvalue weighted by atomic mass is 16.5. The first-order valence-corrected chi connectivity index (χ1v) is 6.14. The van der Waals surface area contributed by atoms with Gasteiger partial charge >= 0.3 is 0 Å². The van der Waals surface area contributed by atoms with Crippen molar-refractivity contribution in [1.82, 2.24) is 10.2 Å². The molecule has 3 heteroatoms. The summed E-state index contributed by atoms with van der Waals surface area (Å²) >= 11 is 0. The molecule has 0 radical (unpaired) electrons. The Kier molecular flexibility index (Phi) is 6.93. The second-order valence-electron chi connectivity index (χ2n) is 4.01. The minimum absolute atomic E-state index is 0.911. The molecule has 1 fully saturated rings. The number of hydrogen-bond donors (Lipinski definition) is 1. The van der Waals surface area contributed by atoms with E-state index in [1.54, 1.807) is 7.11 Å². The van der Waals surface area contributed by atoms with Gasteiger partial charge in [0.1, 0.15) is 0 Å². The van der Waals surface area contributed by atoms with E-state index in [4.69, 9.17) is 4.74 Å². The molecule has 0 atom stereocenters. The molecule has 1 heterocycles. The molecule has 1 aliphatic rings. The van der Waals surface area contributed by atoms with Crippen LogP contribution >= 0.6 is 0 Å². The molecule has 92 valence electrons. The summed E-state index contributed by atoms with van der Waals surface area (Å²) in [5, 5.41) is 3.36. The van der Waals surface area contributed by atoms with Crippen molar-refractivity contribution in [2.24, 2.45) is 0 Å². The Balaban J connectivity index is 2.07. The van der Waals surface area contributed by atoms with Crippen LogP contribution in [0.5, 0.6) is 0 Å². The number of nitrogens with zero attached hydrogens (tertiary/aromatic N) is 1. The van der Waals surface area contributed by atoms with Crippen LogP contribution in [-0.4, -0.2) is 44.7 Å². The number of piperazine rings is 1. The molecular formula is C13H24N2O. The molecule has 0 spiro atoms. The fourth-order valence-electron chi connectivity index (χ4n) is 1.83. The van der Waals surface area contributed by atoms with Crippen LogP contribution in [0.3, 0.4) is 0 Å². The molecular weight excluding hydrogens is 200 g/mol. The van der Waals surface area contributed by atoms with E-state index < -0.39 is 0 Å². The third-order valence-electron chi connectivity index (χ3n) is 2.89. The van der Waals surface area contributed by atoms with E-state index in [-0.39, 0.29) is 0 Å². The Morgan fingerprint density at radius 1 is 1.31 bits per heavy atom. The Labute approximate surface area is 99.2 Å². The van der Waals surface area contributed by atoms with Crippen LogP contribution < -0.4 is 5.32 Å². The third kappa shape index (κ3) is 5.33. The highest BCUT2D eigenvalue weighted by molar-refractivity contribution is 4.99. The quantitative estimate of drug-likeness (QED) is 0.550. The molecule has 1 N–H and O–H groups in total. The van der Waals surface area contributed by atoms with Crippen LogP contribution in [0.25, 0.3) is 0 Å². The molecule has 16 heavy (non-hydrogen) atoms. The maximum Gasteiger partial charge on any atom is 0.0950 e. The van der Waals surface area contributed by atoms with Gasteiger partial charge in [-0.3, -0.25) is 0 Å². The van der Waals surface area contributed by atoms with E-state index in [0.717, 1.165) is 31.7 Å². The summed E-state index contributed by atoms with van der Waals surface area (Å²) < 4.78 is 5.19. The first kappa shape index (κ1) is 13.3. The standard InChI is InChI=1S/C13H24N2O/c1-3-13(16-2)7-5-4-6-10-15-11-8-14-9-12-15/h3-5,14H,6-12H2,1-2H3/b5-4-,13-3+. The maximum atomic E-state index is 5.19. The summed E-state index contributed by atoms with van der Waals surface area (Å²) in [6.45, 7) is 7.83. The lowest BCUT2D eigenvalue weighted by Gasteiger charge is -2.26. The van der Waals surface area contributed by atoms with Gasteiger partial charge in [0.15, 0.2) is 0 Å². The van der Waals surface area contributed by atoms with Crippen LogP contribution in [0.4, 0.5) is 0 Å². The highest BCUT2D eigenvalue weighted by Gasteiger charge is 2.06. The molecule has 0 aromatic carbocycles. The topological polar surface area (TPSA) is 24.5 Å². The van der Waals surface area contributed by atoms with Crippen LogP contribution in [0.1, 0.15) is 19.8 Å². The number of methoxy groups -OCH3 is 1. The Hall–Kier alpha value is -0.800. The number of nitrogens with one attached hydrogen (secondary N) is 1. The predicted molar refractivity (Wildman–Crippen MR) is 68.4 cm³/mol. The molecule has 0 aliphatic carbocycles. The number of allylic oxidation sites excluding steroid dienone is 2. The van der Waals surface area contributed by atoms with Crippen LogP contribution in [0.15, 0.2) is 24.0 Å². The molecule has 0 bridgehead atoms. The maximum absolute atomic E-state index is 5.19. The van der Waals surface area contributed by atoms with Gasteiger partial charge in [0.25, 0.3) is 0 Å². The number of rotatable bonds is 6. The summed E-state index contributed by atoms with van der Waals surface area (Å²) in [5.41, 5.74) is 0. The minimum Gasteiger partial charge on any atom is -0.501 e. The van der Waals surface area contributed by atoms with E-state index in [9.17, 15) is 0 Å². The van der Waals surface area contributed by atoms with Crippen molar-refractivity contribution in [2.45, 2.75) is 19.8 Å². The number of hydrogen-bond acceptors (Lipinski definition) is 3. The summed E-state index contributed by atoms with van der Waals surface area (Å²) in [6, 6.07) is 0. The lowest BCUT2D eigenvalue weighted by atomic mass is 10.2. The molecule has 3 nitrogen and oxygen atoms in total. The molecule has 1 saturated heterocycles. The van der Waals surface area contributed by atoms with Gasteiger partial charge < -0.3 is 15.0 Å². The number of ether oxygens (including phenoxy) is 1. The molecule has 0 saturated carbocycles. The monoisotopic (exact) mass is 224 g/mol. The molecule has 0 unspecified atom stereocenters. The van der Waals surface area contributed by atoms with Crippen LogP contribution in [0, 0.1) is 0 Å². The van der Waals surface area contributed by atoms with Crippen molar-refractivity contribution in [3.8, 4) is 0 Å². The van der Waals surface area contributed by atoms with E-state index in [1.165, 1.54) is 19.6 Å². The smallest absolute Gasteiger partial charge is 0.0950 e. The molecule has 1 rings (SSSR count). The summed E-state index contributed by atoms with van der Waals surface area (Å²) in [4.78, 5) is 2.51. The van der Waals surface area contributed by atoms with Crippen molar-refractivity contribution < 1.29 is 4.74 Å². The average Bonchev–Trinajstić information content (AvgIpc) is 2.35. The van der Waals surface area contributed by atoms with Crippen molar-refractivity contribution >= 4 is 0 Å². The van der Waals surface area contributed by atoms with Crippen LogP contribution in [0.2, 0.25) is 0 Å². The van der Waals surface area contributed by atoms with Gasteiger partial charge in [-0.15, -0.1) is 0 Å². The second kappa shape index (κ2) is 8.36. The Morgan fingerprint density at radius 3 is 2.69 bits per heavy atom. The fraction of sp³-hybridized carbons (Fsp3) is 0.692. The van der Waals surface area contributed by atoms with Gasteiger partial charge in [-0.25, -0.2) is 0 Å². The lowest BCUT2D eigenvalue weighted by Crippen LogP contribution is -2.43. The van der Waals surface area contributed by atoms with Gasteiger partial charge in [0.2, 0.25) is 0 Å². The minimum atomic E-state index is 0.911. The zero-order valence-corrected chi connectivity index (χ0v) is 10.5. The van der Waals surface area contributed by atoms with E-state index in [2.05, 4.69) is 22.4 Å². The second-order valence-corrected chi connectivity index (χ2v) is 4.01. The Morgan fingerprint density at radius 2 is 2.06 bits per heavy atom. The predicted octanol–water partition coefficient (Wildman–Crippen LogP) is 1.78. The summed E-state index contributed by atoms with van der Waals surface area (Å²) in [7, 11) is 1.73. The van der Waals surface area contributed by atoms with Crippen LogP contribution in [-0.2, 0) is 4.74 Å². The Bertz CT molecular complexity index is 230. The molecule has 0 aromatic rings. The van der Waals surface area contributed by atoms with Gasteiger partial charge in [0.05, 0.1) is 12.9 Å². The van der Waals surface area contributed by atoms with E-state index in [0.29, 0.717) is 0 Å². The fourth-order valence-corrected chi connectivity index (χ4v) is 1.83. The first-order valence-electron chi connectivity index (χ1n) is 6.14. The van der Waals surface area contributed by atoms with E-state index >= 15 is 0 Å². The van der Waals surface area contributed by atoms with Gasteiger partial charge in [0, 0.05) is 39.1 Å². The average molecular weight is 224 g/mol. The van der Waals surface area contributed by atoms with E-state index in [1.807, 2.05) is 13.0 Å². The van der Waals surface area contributed by atoms with Crippen molar-refractivity contribution in [3.63, 3.8) is 0 Å². The zero-order valence-electron chi connectivity index (χ0n) is 10.5. The zero-order chi connectivity index (χ0) is 11.6. The molecule has 1 aliphatic heterocycles. The normalized spacial score (nSPS) is 19.2. The largest absolute Gasteiger partial charge is 0.501 e. The molecule has 0 amide bonds. The van der Waals surface area contributed by atoms with Gasteiger partial charge in [-0.1, -0.05) is 12.2 Å². The van der Waals surface area contributed by atoms with Crippen molar-refractivity contribution in [2.75, 3.05) is 39.8 Å². The first-order chi connectivity index (χ1) is 7.86. The SMILES string of the molecule is C/C=C(\C/C=C\CCN1CCNCC1)OC. The van der Waals surface area contributed by atoms with Gasteiger partial charge in [-0.2, -0.15) is 0 Å². The molecule has 0 aromatic heterocycles. The van der Waals surface area contributed by atoms with Crippen molar-refractivity contribution in [1.29, 1.82) is 0 Å². The highest BCUT2D eigenvalue weighted by Crippen LogP contribution is 2.03. The lowest BCUT2D eigenvalue weighted by molar-refractivity contribution is 0.245. The summed E-state index contributed by atoms with van der Waals surface area (Å²) in [5.74, 6) is 1.04. The van der Waals surface area contributed by atoms with Gasteiger partial charge in [-0.05, 0) is 19.4 Å². The van der Waals surface area contributed by atoms with Crippen molar-refractivity contribution in [3.05, 3.63) is 24.0 Å². The third-order valence-corrected chi connectivity index (χ3v) is 2.89. The summed E-state index contributed by atoms with van der Waals surface area (Å²) in [6.07, 6.45) is 8.52.